The number of nitrogens with one attached hydrogen (secondary N) is 1. The zero-order chi connectivity index (χ0) is 18.3. The summed E-state index contributed by atoms with van der Waals surface area (Å²) in [4.78, 5) is 17.2. The highest BCUT2D eigenvalue weighted by atomic mass is 19.1. The van der Waals surface area contributed by atoms with Crippen molar-refractivity contribution in [3.63, 3.8) is 0 Å². The van der Waals surface area contributed by atoms with Gasteiger partial charge in [0.25, 0.3) is 5.91 Å². The van der Waals surface area contributed by atoms with E-state index in [1.807, 2.05) is 0 Å². The summed E-state index contributed by atoms with van der Waals surface area (Å²) in [7, 11) is 0. The van der Waals surface area contributed by atoms with Crippen LogP contribution in [-0.2, 0) is 4.79 Å². The van der Waals surface area contributed by atoms with Crippen molar-refractivity contribution in [2.45, 2.75) is 32.8 Å². The topological polar surface area (TPSA) is 44.8 Å². The zero-order valence-electron chi connectivity index (χ0n) is 15.6. The van der Waals surface area contributed by atoms with Crippen LogP contribution in [0.5, 0.6) is 5.75 Å². The number of hydrogen-bond donors (Lipinski definition) is 1. The number of benzene rings is 1. The molecule has 1 aliphatic rings. The van der Waals surface area contributed by atoms with Crippen molar-refractivity contribution in [2.24, 2.45) is 0 Å². The average molecular weight is 351 g/mol. The second kappa shape index (κ2) is 9.15. The van der Waals surface area contributed by atoms with Crippen LogP contribution in [0.15, 0.2) is 24.3 Å². The Balaban J connectivity index is 1.67. The molecule has 25 heavy (non-hydrogen) atoms. The number of nitrogens with zero attached hydrogens (tertiary/aromatic N) is 2. The van der Waals surface area contributed by atoms with Gasteiger partial charge in [-0.15, -0.1) is 0 Å². The minimum absolute atomic E-state index is 0.160. The molecule has 1 N–H and O–H groups in total. The summed E-state index contributed by atoms with van der Waals surface area (Å²) in [5.74, 6) is -0.00245. The fourth-order valence-corrected chi connectivity index (χ4v) is 2.89. The van der Waals surface area contributed by atoms with Crippen LogP contribution in [0.1, 0.15) is 27.2 Å². The molecule has 1 aromatic rings. The first-order valence-corrected chi connectivity index (χ1v) is 9.08. The molecular formula is C19H30FN3O2. The normalized spacial score (nSPS) is 16.6. The first-order valence-electron chi connectivity index (χ1n) is 9.08. The van der Waals surface area contributed by atoms with Gasteiger partial charge in [-0.1, -0.05) is 6.92 Å². The van der Waals surface area contributed by atoms with Crippen molar-refractivity contribution in [3.8, 4) is 5.75 Å². The number of carbonyl (C=O) groups excluding carboxylic acids is 1. The molecule has 0 radical (unpaired) electrons. The zero-order valence-corrected chi connectivity index (χ0v) is 15.6. The number of rotatable bonds is 8. The predicted octanol–water partition coefficient (Wildman–Crippen LogP) is 2.13. The fourth-order valence-electron chi connectivity index (χ4n) is 2.89. The number of halogens is 1. The number of amides is 1. The number of ether oxygens (including phenoxy) is 1. The molecule has 0 unspecified atom stereocenters. The van der Waals surface area contributed by atoms with Gasteiger partial charge < -0.3 is 19.9 Å². The van der Waals surface area contributed by atoms with Gasteiger partial charge in [-0.25, -0.2) is 4.39 Å². The van der Waals surface area contributed by atoms with Crippen LogP contribution in [-0.4, -0.2) is 67.1 Å². The van der Waals surface area contributed by atoms with E-state index in [1.165, 1.54) is 24.3 Å². The van der Waals surface area contributed by atoms with E-state index in [0.29, 0.717) is 12.3 Å². The Morgan fingerprint density at radius 2 is 1.76 bits per heavy atom. The van der Waals surface area contributed by atoms with E-state index >= 15 is 0 Å². The molecule has 1 amide bonds. The molecule has 1 aromatic carbocycles. The van der Waals surface area contributed by atoms with Crippen LogP contribution in [0.4, 0.5) is 4.39 Å². The second-order valence-corrected chi connectivity index (χ2v) is 6.95. The van der Waals surface area contributed by atoms with Gasteiger partial charge in [-0.2, -0.15) is 0 Å². The minimum Gasteiger partial charge on any atom is -0.478 e. The number of piperazine rings is 1. The van der Waals surface area contributed by atoms with E-state index < -0.39 is 5.60 Å². The van der Waals surface area contributed by atoms with Crippen molar-refractivity contribution < 1.29 is 13.9 Å². The summed E-state index contributed by atoms with van der Waals surface area (Å²) in [6.45, 7) is 12.8. The summed E-state index contributed by atoms with van der Waals surface area (Å²) >= 11 is 0. The molecule has 6 heteroatoms. The van der Waals surface area contributed by atoms with Crippen molar-refractivity contribution in [1.29, 1.82) is 0 Å². The number of carbonyl (C=O) groups is 1. The molecule has 1 heterocycles. The molecule has 0 saturated carbocycles. The highest BCUT2D eigenvalue weighted by molar-refractivity contribution is 5.84. The molecule has 0 aromatic heterocycles. The molecule has 0 aliphatic carbocycles. The van der Waals surface area contributed by atoms with Crippen LogP contribution in [0.25, 0.3) is 0 Å². The molecule has 0 spiro atoms. The van der Waals surface area contributed by atoms with Gasteiger partial charge in [-0.3, -0.25) is 4.79 Å². The number of likely N-dealkylation sites (N-methyl/N-ethyl adjacent to an activating group) is 1. The third kappa shape index (κ3) is 6.29. The highest BCUT2D eigenvalue weighted by Gasteiger charge is 2.29. The van der Waals surface area contributed by atoms with Gasteiger partial charge in [0.2, 0.25) is 0 Å². The fraction of sp³-hybridized carbons (Fsp3) is 0.632. The van der Waals surface area contributed by atoms with Gasteiger partial charge >= 0.3 is 0 Å². The molecule has 5 nitrogen and oxygen atoms in total. The molecule has 0 bridgehead atoms. The van der Waals surface area contributed by atoms with E-state index in [1.54, 1.807) is 13.8 Å². The first kappa shape index (κ1) is 19.7. The minimum atomic E-state index is -0.995. The van der Waals surface area contributed by atoms with E-state index in [9.17, 15) is 9.18 Å². The lowest BCUT2D eigenvalue weighted by Gasteiger charge is -2.34. The summed E-state index contributed by atoms with van der Waals surface area (Å²) in [5.41, 5.74) is -0.995. The van der Waals surface area contributed by atoms with Gasteiger partial charge in [0.05, 0.1) is 0 Å². The van der Waals surface area contributed by atoms with Gasteiger partial charge in [0.1, 0.15) is 11.6 Å². The standard InChI is InChI=1S/C19H30FN3O2/c1-4-22-12-14-23(15-13-22)11-5-10-21-18(24)19(2,3)25-17-8-6-16(20)7-9-17/h6-9H,4-5,10-15H2,1-3H3,(H,21,24). The molecule has 140 valence electrons. The van der Waals surface area contributed by atoms with Crippen LogP contribution in [0, 0.1) is 5.82 Å². The lowest BCUT2D eigenvalue weighted by Crippen LogP contribution is -2.48. The van der Waals surface area contributed by atoms with Crippen LogP contribution < -0.4 is 10.1 Å². The molecule has 1 saturated heterocycles. The van der Waals surface area contributed by atoms with E-state index in [4.69, 9.17) is 4.74 Å². The molecule has 2 rings (SSSR count). The Hall–Kier alpha value is -1.66. The Morgan fingerprint density at radius 1 is 1.16 bits per heavy atom. The monoisotopic (exact) mass is 351 g/mol. The smallest absolute Gasteiger partial charge is 0.263 e. The summed E-state index contributed by atoms with van der Waals surface area (Å²) in [6.07, 6.45) is 0.921. The Morgan fingerprint density at radius 3 is 2.36 bits per heavy atom. The molecule has 1 aliphatic heterocycles. The Kier molecular flexibility index (Phi) is 7.20. The van der Waals surface area contributed by atoms with Crippen LogP contribution >= 0.6 is 0 Å². The predicted molar refractivity (Wildman–Crippen MR) is 97.3 cm³/mol. The summed E-state index contributed by atoms with van der Waals surface area (Å²) in [5, 5.41) is 2.94. The van der Waals surface area contributed by atoms with E-state index in [-0.39, 0.29) is 11.7 Å². The molecule has 0 atom stereocenters. The Labute approximate surface area is 150 Å². The SMILES string of the molecule is CCN1CCN(CCCNC(=O)C(C)(C)Oc2ccc(F)cc2)CC1. The van der Waals surface area contributed by atoms with Crippen LogP contribution in [0.2, 0.25) is 0 Å². The second-order valence-electron chi connectivity index (χ2n) is 6.95. The molecular weight excluding hydrogens is 321 g/mol. The highest BCUT2D eigenvalue weighted by Crippen LogP contribution is 2.18. The third-order valence-electron chi connectivity index (χ3n) is 4.58. The van der Waals surface area contributed by atoms with Crippen LogP contribution in [0.3, 0.4) is 0 Å². The van der Waals surface area contributed by atoms with Crippen molar-refractivity contribution in [3.05, 3.63) is 30.1 Å². The average Bonchev–Trinajstić information content (AvgIpc) is 2.61. The van der Waals surface area contributed by atoms with Gasteiger partial charge in [0.15, 0.2) is 5.60 Å². The maximum atomic E-state index is 12.9. The maximum absolute atomic E-state index is 12.9. The largest absolute Gasteiger partial charge is 0.478 e. The van der Waals surface area contributed by atoms with Crippen molar-refractivity contribution in [1.82, 2.24) is 15.1 Å². The molecule has 1 fully saturated rings. The summed E-state index contributed by atoms with van der Waals surface area (Å²) in [6, 6.07) is 5.70. The lowest BCUT2D eigenvalue weighted by atomic mass is 10.1. The Bertz CT molecular complexity index is 540. The number of hydrogen-bond acceptors (Lipinski definition) is 4. The quantitative estimate of drug-likeness (QED) is 0.729. The van der Waals surface area contributed by atoms with Gasteiger partial charge in [0, 0.05) is 32.7 Å². The van der Waals surface area contributed by atoms with Crippen molar-refractivity contribution >= 4 is 5.91 Å². The first-order chi connectivity index (χ1) is 11.9. The van der Waals surface area contributed by atoms with Gasteiger partial charge in [-0.05, 0) is 57.6 Å². The maximum Gasteiger partial charge on any atom is 0.263 e. The summed E-state index contributed by atoms with van der Waals surface area (Å²) < 4.78 is 18.6. The lowest BCUT2D eigenvalue weighted by molar-refractivity contribution is -0.134. The third-order valence-corrected chi connectivity index (χ3v) is 4.58. The van der Waals surface area contributed by atoms with E-state index in [2.05, 4.69) is 22.0 Å². The van der Waals surface area contributed by atoms with E-state index in [0.717, 1.165) is 45.7 Å². The van der Waals surface area contributed by atoms with Crippen molar-refractivity contribution in [2.75, 3.05) is 45.8 Å².